The van der Waals surface area contributed by atoms with Crippen LogP contribution in [-0.2, 0) is 16.0 Å². The minimum atomic E-state index is 0.159. The van der Waals surface area contributed by atoms with Crippen molar-refractivity contribution in [3.63, 3.8) is 0 Å². The highest BCUT2D eigenvalue weighted by Gasteiger charge is 2.26. The summed E-state index contributed by atoms with van der Waals surface area (Å²) in [6.45, 7) is 11.1. The van der Waals surface area contributed by atoms with Gasteiger partial charge in [0.05, 0.1) is 17.2 Å². The van der Waals surface area contributed by atoms with Gasteiger partial charge in [-0.25, -0.2) is 4.98 Å². The number of rotatable bonds is 9. The number of allylic oxidation sites excluding steroid dienone is 1. The largest absolute Gasteiger partial charge is 0.451 e. The molecular formula is C29H39N5O2. The molecule has 2 aliphatic rings. The van der Waals surface area contributed by atoms with Crippen LogP contribution in [0.4, 0.5) is 5.95 Å². The Morgan fingerprint density at radius 2 is 1.92 bits per heavy atom. The lowest BCUT2D eigenvalue weighted by Crippen LogP contribution is -2.44. The van der Waals surface area contributed by atoms with E-state index in [0.717, 1.165) is 56.6 Å². The van der Waals surface area contributed by atoms with E-state index in [4.69, 9.17) is 14.5 Å². The maximum absolute atomic E-state index is 5.55. The number of fused-ring (bicyclic) bond motifs is 1. The van der Waals surface area contributed by atoms with Gasteiger partial charge in [0.1, 0.15) is 5.82 Å². The number of hydrogen-bond acceptors (Lipinski definition) is 6. The highest BCUT2D eigenvalue weighted by atomic mass is 16.7. The summed E-state index contributed by atoms with van der Waals surface area (Å²) in [6.07, 6.45) is 12.5. The second kappa shape index (κ2) is 12.1. The third-order valence-corrected chi connectivity index (χ3v) is 6.89. The summed E-state index contributed by atoms with van der Waals surface area (Å²) in [5.74, 6) is 2.28. The number of aromatic nitrogens is 2. The molecule has 0 atom stereocenters. The normalized spacial score (nSPS) is 16.4. The number of imidazole rings is 1. The Morgan fingerprint density at radius 1 is 1.19 bits per heavy atom. The van der Waals surface area contributed by atoms with E-state index in [1.165, 1.54) is 16.5 Å². The number of ether oxygens (including phenoxy) is 2. The number of aryl methyl sites for hydroxylation is 1. The minimum absolute atomic E-state index is 0.159. The van der Waals surface area contributed by atoms with Gasteiger partial charge in [-0.15, -0.1) is 0 Å². The van der Waals surface area contributed by atoms with Crippen molar-refractivity contribution < 1.29 is 9.47 Å². The average molecular weight is 490 g/mol. The molecule has 0 N–H and O–H groups in total. The van der Waals surface area contributed by atoms with Crippen LogP contribution in [0.2, 0.25) is 0 Å². The van der Waals surface area contributed by atoms with Gasteiger partial charge in [-0.05, 0) is 51.2 Å². The van der Waals surface area contributed by atoms with Gasteiger partial charge in [-0.2, -0.15) is 4.99 Å². The molecule has 0 unspecified atom stereocenters. The second-order valence-corrected chi connectivity index (χ2v) is 9.49. The number of hydrogen-bond donors (Lipinski definition) is 0. The molecule has 0 saturated carbocycles. The fourth-order valence-electron chi connectivity index (χ4n) is 4.80. The Hall–Kier alpha value is -3.32. The van der Waals surface area contributed by atoms with Gasteiger partial charge in [-0.3, -0.25) is 0 Å². The maximum atomic E-state index is 5.55. The SMILES string of the molecule is C=C(N=C(/C=C\C)OCOC)N(C)C1CCN(c2nc3c(n2Cc2ccc(C)cc2)=CCCC=3)CC1. The van der Waals surface area contributed by atoms with Gasteiger partial charge in [0.2, 0.25) is 11.8 Å². The molecule has 0 spiro atoms. The predicted octanol–water partition coefficient (Wildman–Crippen LogP) is 3.56. The molecule has 4 rings (SSSR count). The van der Waals surface area contributed by atoms with Crippen molar-refractivity contribution in [1.29, 1.82) is 0 Å². The van der Waals surface area contributed by atoms with Gasteiger partial charge in [0.15, 0.2) is 6.79 Å². The summed E-state index contributed by atoms with van der Waals surface area (Å²) in [4.78, 5) is 14.3. The van der Waals surface area contributed by atoms with Crippen molar-refractivity contribution >= 4 is 24.0 Å². The number of methoxy groups -OCH3 is 1. The van der Waals surface area contributed by atoms with E-state index in [2.05, 4.69) is 76.3 Å². The minimum Gasteiger partial charge on any atom is -0.451 e. The molecule has 0 amide bonds. The van der Waals surface area contributed by atoms with Crippen molar-refractivity contribution in [3.05, 3.63) is 70.6 Å². The van der Waals surface area contributed by atoms with Crippen molar-refractivity contribution in [2.24, 2.45) is 4.99 Å². The third kappa shape index (κ3) is 6.08. The standard InChI is InChI=1S/C29H39N5O2/c1-6-9-28(36-21-35-5)30-23(3)32(4)25-16-18-33(19-17-25)29-31-26-10-7-8-11-27(26)34(29)20-24-14-12-22(2)13-15-24/h6,9-15,25H,3,7-8,16-21H2,1-2,4-5H3/b9-6-,30-28?. The first-order chi connectivity index (χ1) is 17.5. The van der Waals surface area contributed by atoms with Gasteiger partial charge < -0.3 is 23.8 Å². The van der Waals surface area contributed by atoms with E-state index in [-0.39, 0.29) is 6.79 Å². The lowest BCUT2D eigenvalue weighted by atomic mass is 10.0. The molecule has 0 radical (unpaired) electrons. The zero-order chi connectivity index (χ0) is 25.5. The highest BCUT2D eigenvalue weighted by Crippen LogP contribution is 2.23. The summed E-state index contributed by atoms with van der Waals surface area (Å²) in [5, 5.41) is 2.38. The van der Waals surface area contributed by atoms with Crippen molar-refractivity contribution in [1.82, 2.24) is 14.5 Å². The summed E-state index contributed by atoms with van der Waals surface area (Å²) < 4.78 is 13.0. The van der Waals surface area contributed by atoms with Gasteiger partial charge in [-0.1, -0.05) is 54.6 Å². The first-order valence-corrected chi connectivity index (χ1v) is 12.8. The van der Waals surface area contributed by atoms with E-state index in [1.807, 2.05) is 19.1 Å². The fraction of sp³-hybridized carbons (Fsp3) is 0.448. The maximum Gasteiger partial charge on any atom is 0.217 e. The molecule has 0 bridgehead atoms. The number of nitrogens with zero attached hydrogens (tertiary/aromatic N) is 5. The molecule has 2 aromatic rings. The van der Waals surface area contributed by atoms with Crippen LogP contribution in [0.15, 0.2) is 53.8 Å². The fourth-order valence-corrected chi connectivity index (χ4v) is 4.80. The van der Waals surface area contributed by atoms with E-state index in [0.29, 0.717) is 17.8 Å². The van der Waals surface area contributed by atoms with Crippen LogP contribution in [0, 0.1) is 6.92 Å². The molecule has 1 aliphatic heterocycles. The van der Waals surface area contributed by atoms with Crippen LogP contribution in [0.25, 0.3) is 12.2 Å². The Morgan fingerprint density at radius 3 is 2.61 bits per heavy atom. The van der Waals surface area contributed by atoms with Crippen LogP contribution in [0.1, 0.15) is 43.7 Å². The molecule has 2 heterocycles. The molecule has 1 fully saturated rings. The van der Waals surface area contributed by atoms with Crippen LogP contribution >= 0.6 is 0 Å². The molecule has 192 valence electrons. The number of anilines is 1. The number of benzene rings is 1. The number of piperidine rings is 1. The second-order valence-electron chi connectivity index (χ2n) is 9.49. The zero-order valence-corrected chi connectivity index (χ0v) is 22.1. The Kier molecular flexibility index (Phi) is 8.65. The molecular weight excluding hydrogens is 450 g/mol. The summed E-state index contributed by atoms with van der Waals surface area (Å²) in [7, 11) is 3.66. The molecule has 7 nitrogen and oxygen atoms in total. The van der Waals surface area contributed by atoms with Crippen LogP contribution in [-0.4, -0.2) is 60.4 Å². The van der Waals surface area contributed by atoms with Crippen LogP contribution < -0.4 is 15.6 Å². The molecule has 36 heavy (non-hydrogen) atoms. The van der Waals surface area contributed by atoms with Crippen molar-refractivity contribution in [3.8, 4) is 0 Å². The third-order valence-electron chi connectivity index (χ3n) is 6.89. The lowest BCUT2D eigenvalue weighted by molar-refractivity contribution is 0.0431. The molecule has 1 saturated heterocycles. The Balaban J connectivity index is 1.48. The zero-order valence-electron chi connectivity index (χ0n) is 22.1. The monoisotopic (exact) mass is 489 g/mol. The van der Waals surface area contributed by atoms with Gasteiger partial charge in [0.25, 0.3) is 0 Å². The quantitative estimate of drug-likeness (QED) is 0.306. The predicted molar refractivity (Wildman–Crippen MR) is 147 cm³/mol. The topological polar surface area (TPSA) is 55.1 Å². The molecule has 1 aliphatic carbocycles. The summed E-state index contributed by atoms with van der Waals surface area (Å²) >= 11 is 0. The first-order valence-electron chi connectivity index (χ1n) is 12.8. The summed E-state index contributed by atoms with van der Waals surface area (Å²) in [5.41, 5.74) is 2.59. The van der Waals surface area contributed by atoms with Gasteiger partial charge >= 0.3 is 0 Å². The van der Waals surface area contributed by atoms with Crippen molar-refractivity contribution in [2.45, 2.75) is 52.1 Å². The average Bonchev–Trinajstić information content (AvgIpc) is 3.26. The molecule has 1 aromatic carbocycles. The first kappa shape index (κ1) is 25.8. The van der Waals surface area contributed by atoms with Crippen LogP contribution in [0.3, 0.4) is 0 Å². The van der Waals surface area contributed by atoms with Crippen molar-refractivity contribution in [2.75, 3.05) is 38.9 Å². The lowest BCUT2D eigenvalue weighted by Gasteiger charge is -2.38. The van der Waals surface area contributed by atoms with Gasteiger partial charge in [0, 0.05) is 33.3 Å². The Bertz CT molecular complexity index is 1220. The van der Waals surface area contributed by atoms with Crippen LogP contribution in [0.5, 0.6) is 0 Å². The Labute approximate surface area is 214 Å². The highest BCUT2D eigenvalue weighted by molar-refractivity contribution is 5.88. The summed E-state index contributed by atoms with van der Waals surface area (Å²) in [6, 6.07) is 9.19. The van der Waals surface area contributed by atoms with E-state index in [9.17, 15) is 0 Å². The van der Waals surface area contributed by atoms with E-state index in [1.54, 1.807) is 7.11 Å². The molecule has 7 heteroatoms. The van der Waals surface area contributed by atoms with E-state index < -0.39 is 0 Å². The molecule has 1 aromatic heterocycles. The van der Waals surface area contributed by atoms with E-state index >= 15 is 0 Å². The number of aliphatic imine (C=N–C) groups is 1. The smallest absolute Gasteiger partial charge is 0.217 e.